The first kappa shape index (κ1) is 13.3. The minimum atomic E-state index is -0.140. The Morgan fingerprint density at radius 2 is 2.25 bits per heavy atom. The van der Waals surface area contributed by atoms with Crippen LogP contribution in [0.5, 0.6) is 0 Å². The number of rotatable bonds is 2. The molecular formula is C14H14BrN3O2. The van der Waals surface area contributed by atoms with Gasteiger partial charge in [-0.25, -0.2) is 4.98 Å². The van der Waals surface area contributed by atoms with Crippen LogP contribution in [0.4, 0.5) is 5.82 Å². The first-order valence-corrected chi connectivity index (χ1v) is 7.19. The summed E-state index contributed by atoms with van der Waals surface area (Å²) < 4.78 is 6.87. The molecule has 0 saturated carbocycles. The average molecular weight is 336 g/mol. The smallest absolute Gasteiger partial charge is 0.252 e. The molecule has 0 radical (unpaired) electrons. The predicted octanol–water partition coefficient (Wildman–Crippen LogP) is 2.11. The van der Waals surface area contributed by atoms with Gasteiger partial charge < -0.3 is 14.6 Å². The summed E-state index contributed by atoms with van der Waals surface area (Å²) in [5.74, 6) is 0.689. The van der Waals surface area contributed by atoms with Crippen LogP contribution < -0.4 is 10.5 Å². The van der Waals surface area contributed by atoms with Crippen molar-refractivity contribution in [1.82, 2.24) is 9.97 Å². The van der Waals surface area contributed by atoms with Crippen molar-refractivity contribution in [2.24, 2.45) is 0 Å². The summed E-state index contributed by atoms with van der Waals surface area (Å²) in [6.45, 7) is 2.02. The second kappa shape index (κ2) is 5.76. The van der Waals surface area contributed by atoms with Gasteiger partial charge in [-0.2, -0.15) is 0 Å². The molecule has 1 aromatic heterocycles. The predicted molar refractivity (Wildman–Crippen MR) is 79.9 cm³/mol. The van der Waals surface area contributed by atoms with Crippen molar-refractivity contribution in [2.75, 3.05) is 24.6 Å². The lowest BCUT2D eigenvalue weighted by Crippen LogP contribution is -2.39. The highest BCUT2D eigenvalue weighted by Gasteiger charge is 2.24. The number of hydrogen-bond donors (Lipinski definition) is 1. The van der Waals surface area contributed by atoms with Crippen LogP contribution in [0.3, 0.4) is 0 Å². The third kappa shape index (κ3) is 2.76. The number of aromatic nitrogens is 2. The van der Waals surface area contributed by atoms with Gasteiger partial charge >= 0.3 is 0 Å². The van der Waals surface area contributed by atoms with E-state index in [0.29, 0.717) is 19.0 Å². The molecule has 1 aliphatic rings. The van der Waals surface area contributed by atoms with Crippen molar-refractivity contribution in [3.05, 3.63) is 57.0 Å². The molecule has 3 rings (SSSR count). The van der Waals surface area contributed by atoms with Crippen LogP contribution in [-0.2, 0) is 4.74 Å². The highest BCUT2D eigenvalue weighted by Crippen LogP contribution is 2.29. The zero-order valence-electron chi connectivity index (χ0n) is 10.8. The molecule has 20 heavy (non-hydrogen) atoms. The molecule has 6 heteroatoms. The monoisotopic (exact) mass is 335 g/mol. The van der Waals surface area contributed by atoms with Crippen LogP contribution in [0.2, 0.25) is 0 Å². The van der Waals surface area contributed by atoms with Crippen LogP contribution in [-0.4, -0.2) is 29.7 Å². The largest absolute Gasteiger partial charge is 0.370 e. The van der Waals surface area contributed by atoms with Crippen LogP contribution in [0, 0.1) is 0 Å². The van der Waals surface area contributed by atoms with Crippen molar-refractivity contribution in [2.45, 2.75) is 6.10 Å². The van der Waals surface area contributed by atoms with Crippen LogP contribution in [0.15, 0.2) is 45.9 Å². The minimum absolute atomic E-state index is 0.0274. The molecule has 2 heterocycles. The van der Waals surface area contributed by atoms with Gasteiger partial charge in [-0.05, 0) is 11.6 Å². The topological polar surface area (TPSA) is 58.2 Å². The molecule has 1 unspecified atom stereocenters. The molecule has 1 aliphatic heterocycles. The van der Waals surface area contributed by atoms with E-state index in [1.54, 1.807) is 0 Å². The number of anilines is 1. The summed E-state index contributed by atoms with van der Waals surface area (Å²) in [6.07, 6.45) is 1.40. The highest BCUT2D eigenvalue weighted by atomic mass is 79.9. The van der Waals surface area contributed by atoms with Crippen molar-refractivity contribution in [1.29, 1.82) is 0 Å². The molecule has 5 nitrogen and oxygen atoms in total. The van der Waals surface area contributed by atoms with E-state index >= 15 is 0 Å². The number of hydrogen-bond acceptors (Lipinski definition) is 4. The van der Waals surface area contributed by atoms with Gasteiger partial charge in [-0.3, -0.25) is 4.79 Å². The molecule has 1 aromatic carbocycles. The quantitative estimate of drug-likeness (QED) is 0.913. The Hall–Kier alpha value is -1.66. The van der Waals surface area contributed by atoms with E-state index in [2.05, 4.69) is 30.8 Å². The maximum absolute atomic E-state index is 11.4. The molecule has 2 aromatic rings. The lowest BCUT2D eigenvalue weighted by molar-refractivity contribution is 0.0390. The number of morpholine rings is 1. The lowest BCUT2D eigenvalue weighted by atomic mass is 10.1. The van der Waals surface area contributed by atoms with Crippen molar-refractivity contribution in [3.63, 3.8) is 0 Å². The van der Waals surface area contributed by atoms with E-state index in [-0.39, 0.29) is 11.7 Å². The minimum Gasteiger partial charge on any atom is -0.370 e. The Bertz CT molecular complexity index is 659. The summed E-state index contributed by atoms with van der Waals surface area (Å²) in [5.41, 5.74) is 0.973. The van der Waals surface area contributed by atoms with Gasteiger partial charge in [0.25, 0.3) is 5.56 Å². The standard InChI is InChI=1S/C14H14BrN3O2/c15-11-4-2-1-3-10(11)12-8-18(5-6-20-12)13-7-14(19)17-9-16-13/h1-4,7,9,12H,5-6,8H2,(H,16,17,19). The maximum atomic E-state index is 11.4. The fourth-order valence-corrected chi connectivity index (χ4v) is 2.85. The number of nitrogens with zero attached hydrogens (tertiary/aromatic N) is 2. The average Bonchev–Trinajstić information content (AvgIpc) is 2.48. The fourth-order valence-electron chi connectivity index (χ4n) is 2.31. The molecule has 0 spiro atoms. The molecule has 104 valence electrons. The molecule has 1 saturated heterocycles. The van der Waals surface area contributed by atoms with Gasteiger partial charge in [0, 0.05) is 23.6 Å². The second-order valence-electron chi connectivity index (χ2n) is 4.60. The van der Waals surface area contributed by atoms with E-state index in [9.17, 15) is 4.79 Å². The van der Waals surface area contributed by atoms with Crippen molar-refractivity contribution < 1.29 is 4.74 Å². The SMILES string of the molecule is O=c1cc(N2CCOC(c3ccccc3Br)C2)nc[nH]1. The van der Waals surface area contributed by atoms with Gasteiger partial charge in [-0.1, -0.05) is 34.1 Å². The lowest BCUT2D eigenvalue weighted by Gasteiger charge is -2.34. The third-order valence-corrected chi connectivity index (χ3v) is 4.03. The Balaban J connectivity index is 1.84. The third-order valence-electron chi connectivity index (χ3n) is 3.31. The summed E-state index contributed by atoms with van der Waals surface area (Å²) in [4.78, 5) is 20.2. The first-order chi connectivity index (χ1) is 9.74. The molecule has 1 N–H and O–H groups in total. The molecule has 0 amide bonds. The van der Waals surface area contributed by atoms with Crippen LogP contribution in [0.25, 0.3) is 0 Å². The number of halogens is 1. The van der Waals surface area contributed by atoms with Crippen molar-refractivity contribution >= 4 is 21.7 Å². The van der Waals surface area contributed by atoms with Gasteiger partial charge in [0.1, 0.15) is 11.9 Å². The maximum Gasteiger partial charge on any atom is 0.252 e. The second-order valence-corrected chi connectivity index (χ2v) is 5.45. The van der Waals surface area contributed by atoms with Gasteiger partial charge in [0.05, 0.1) is 12.9 Å². The number of benzene rings is 1. The number of nitrogens with one attached hydrogen (secondary N) is 1. The van der Waals surface area contributed by atoms with E-state index in [0.717, 1.165) is 16.6 Å². The van der Waals surface area contributed by atoms with Gasteiger partial charge in [-0.15, -0.1) is 0 Å². The highest BCUT2D eigenvalue weighted by molar-refractivity contribution is 9.10. The zero-order valence-corrected chi connectivity index (χ0v) is 12.3. The molecular weight excluding hydrogens is 322 g/mol. The summed E-state index contributed by atoms with van der Waals surface area (Å²) >= 11 is 3.55. The van der Waals surface area contributed by atoms with Crippen LogP contribution in [0.1, 0.15) is 11.7 Å². The number of aromatic amines is 1. The van der Waals surface area contributed by atoms with Gasteiger partial charge in [0.2, 0.25) is 0 Å². The molecule has 0 bridgehead atoms. The molecule has 1 fully saturated rings. The Kier molecular flexibility index (Phi) is 3.84. The Labute approximate surface area is 124 Å². The van der Waals surface area contributed by atoms with E-state index in [4.69, 9.17) is 4.74 Å². The normalized spacial score (nSPS) is 19.1. The van der Waals surface area contributed by atoms with E-state index < -0.39 is 0 Å². The molecule has 0 aliphatic carbocycles. The molecule has 1 atom stereocenters. The summed E-state index contributed by atoms with van der Waals surface area (Å²) in [7, 11) is 0. The number of H-pyrrole nitrogens is 1. The van der Waals surface area contributed by atoms with E-state index in [1.165, 1.54) is 12.4 Å². The van der Waals surface area contributed by atoms with Crippen LogP contribution >= 0.6 is 15.9 Å². The van der Waals surface area contributed by atoms with Gasteiger partial charge in [0.15, 0.2) is 0 Å². The Morgan fingerprint density at radius 1 is 1.40 bits per heavy atom. The Morgan fingerprint density at radius 3 is 3.05 bits per heavy atom. The van der Waals surface area contributed by atoms with Crippen molar-refractivity contribution in [3.8, 4) is 0 Å². The van der Waals surface area contributed by atoms with E-state index in [1.807, 2.05) is 24.3 Å². The number of ether oxygens (including phenoxy) is 1. The fraction of sp³-hybridized carbons (Fsp3) is 0.286. The summed E-state index contributed by atoms with van der Waals surface area (Å²) in [5, 5.41) is 0. The first-order valence-electron chi connectivity index (χ1n) is 6.40. The summed E-state index contributed by atoms with van der Waals surface area (Å²) in [6, 6.07) is 9.54. The zero-order chi connectivity index (χ0) is 13.9.